The van der Waals surface area contributed by atoms with Crippen LogP contribution in [-0.2, 0) is 22.7 Å². The van der Waals surface area contributed by atoms with Crippen LogP contribution in [0.25, 0.3) is 0 Å². The molecule has 4 N–H and O–H groups in total. The van der Waals surface area contributed by atoms with Gasteiger partial charge in [0.15, 0.2) is 0 Å². The summed E-state index contributed by atoms with van der Waals surface area (Å²) < 4.78 is 0. The Morgan fingerprint density at radius 2 is 1.34 bits per heavy atom. The summed E-state index contributed by atoms with van der Waals surface area (Å²) in [5.41, 5.74) is 7.17. The zero-order chi connectivity index (χ0) is 22.4. The van der Waals surface area contributed by atoms with E-state index in [0.717, 1.165) is 11.1 Å². The lowest BCUT2D eigenvalue weighted by Gasteiger charge is -2.05. The van der Waals surface area contributed by atoms with Crippen LogP contribution in [0.4, 0.5) is 0 Å². The Labute approximate surface area is 191 Å². The van der Waals surface area contributed by atoms with Gasteiger partial charge in [0.1, 0.15) is 0 Å². The summed E-state index contributed by atoms with van der Waals surface area (Å²) in [5, 5.41) is 12.9. The van der Waals surface area contributed by atoms with Gasteiger partial charge in [0.05, 0.1) is 0 Å². The fourth-order valence-electron chi connectivity index (χ4n) is 1.67. The van der Waals surface area contributed by atoms with Gasteiger partial charge in [0, 0.05) is 46.0 Å². The van der Waals surface area contributed by atoms with E-state index in [0.29, 0.717) is 39.6 Å². The Kier molecular flexibility index (Phi) is 14.6. The van der Waals surface area contributed by atoms with E-state index in [4.69, 9.17) is 57.2 Å². The molecule has 2 aromatic carbocycles. The fourth-order valence-corrected chi connectivity index (χ4v) is 2.63. The number of carboxylic acid groups (broad SMARTS) is 1. The predicted molar refractivity (Wildman–Crippen MR) is 121 cm³/mol. The molecule has 0 unspecified atom stereocenters. The normalized spacial score (nSPS) is 9.48. The van der Waals surface area contributed by atoms with Crippen LogP contribution in [0.5, 0.6) is 0 Å². The molecule has 0 radical (unpaired) electrons. The second-order valence-electron chi connectivity index (χ2n) is 5.55. The van der Waals surface area contributed by atoms with Crippen molar-refractivity contribution in [1.29, 1.82) is 0 Å². The van der Waals surface area contributed by atoms with Gasteiger partial charge in [0.25, 0.3) is 0 Å². The number of hydrogen-bond donors (Lipinski definition) is 3. The molecular weight excluding hydrogens is 458 g/mol. The quantitative estimate of drug-likeness (QED) is 0.491. The molecule has 0 aliphatic rings. The molecule has 1 amide bonds. The van der Waals surface area contributed by atoms with Gasteiger partial charge in [-0.15, -0.1) is 0 Å². The first-order chi connectivity index (χ1) is 13.6. The number of amides is 1. The third kappa shape index (κ3) is 12.6. The van der Waals surface area contributed by atoms with Gasteiger partial charge in [-0.05, 0) is 35.4 Å². The van der Waals surface area contributed by atoms with Crippen molar-refractivity contribution in [3.63, 3.8) is 0 Å². The Hall–Kier alpha value is -1.50. The Morgan fingerprint density at radius 1 is 0.897 bits per heavy atom. The van der Waals surface area contributed by atoms with Crippen LogP contribution in [0.1, 0.15) is 37.8 Å². The van der Waals surface area contributed by atoms with Crippen molar-refractivity contribution in [2.45, 2.75) is 39.8 Å². The average molecular weight is 482 g/mol. The summed E-state index contributed by atoms with van der Waals surface area (Å²) in [6.45, 7) is 4.31. The number of nitrogens with two attached hydrogens (primary N) is 1. The molecule has 2 aromatic rings. The highest BCUT2D eigenvalue weighted by Gasteiger charge is 2.02. The number of aliphatic carboxylic acids is 1. The van der Waals surface area contributed by atoms with Crippen molar-refractivity contribution >= 4 is 58.3 Å². The van der Waals surface area contributed by atoms with Gasteiger partial charge in [-0.25, -0.2) is 0 Å². The largest absolute Gasteiger partial charge is 0.481 e. The van der Waals surface area contributed by atoms with E-state index in [1.807, 2.05) is 6.07 Å². The molecule has 0 aliphatic carbocycles. The molecule has 160 valence electrons. The van der Waals surface area contributed by atoms with E-state index < -0.39 is 5.97 Å². The number of nitrogens with one attached hydrogen (secondary N) is 1. The highest BCUT2D eigenvalue weighted by Crippen LogP contribution is 2.21. The second-order valence-corrected chi connectivity index (χ2v) is 7.24. The van der Waals surface area contributed by atoms with Gasteiger partial charge in [0.2, 0.25) is 5.91 Å². The van der Waals surface area contributed by atoms with Crippen molar-refractivity contribution in [3.05, 3.63) is 67.6 Å². The van der Waals surface area contributed by atoms with Gasteiger partial charge < -0.3 is 16.2 Å². The van der Waals surface area contributed by atoms with Crippen molar-refractivity contribution in [1.82, 2.24) is 5.32 Å². The molecule has 29 heavy (non-hydrogen) atoms. The van der Waals surface area contributed by atoms with E-state index in [1.165, 1.54) is 0 Å². The zero-order valence-corrected chi connectivity index (χ0v) is 19.2. The van der Waals surface area contributed by atoms with Crippen LogP contribution in [0, 0.1) is 0 Å². The monoisotopic (exact) mass is 480 g/mol. The van der Waals surface area contributed by atoms with E-state index in [-0.39, 0.29) is 12.3 Å². The van der Waals surface area contributed by atoms with Crippen LogP contribution in [0.3, 0.4) is 0 Å². The smallest absolute Gasteiger partial charge is 0.303 e. The van der Waals surface area contributed by atoms with Crippen molar-refractivity contribution < 1.29 is 14.7 Å². The maximum atomic E-state index is 11.0. The van der Waals surface area contributed by atoms with E-state index in [2.05, 4.69) is 5.32 Å². The molecule has 0 heterocycles. The highest BCUT2D eigenvalue weighted by molar-refractivity contribution is 6.35. The molecule has 5 nitrogen and oxygen atoms in total. The lowest BCUT2D eigenvalue weighted by atomic mass is 10.2. The highest BCUT2D eigenvalue weighted by atomic mass is 35.5. The summed E-state index contributed by atoms with van der Waals surface area (Å²) in [4.78, 5) is 20.4. The van der Waals surface area contributed by atoms with Crippen molar-refractivity contribution in [2.75, 3.05) is 0 Å². The third-order valence-corrected chi connectivity index (χ3v) is 4.52. The first-order valence-electron chi connectivity index (χ1n) is 8.70. The summed E-state index contributed by atoms with van der Waals surface area (Å²) in [5.74, 6) is -0.735. The van der Waals surface area contributed by atoms with Crippen LogP contribution in [0.2, 0.25) is 20.1 Å². The lowest BCUT2D eigenvalue weighted by molar-refractivity contribution is -0.136. The minimum absolute atomic E-state index is 0.0102. The summed E-state index contributed by atoms with van der Waals surface area (Å²) >= 11 is 23.1. The number of benzene rings is 2. The van der Waals surface area contributed by atoms with Gasteiger partial charge >= 0.3 is 5.97 Å². The molecule has 9 heteroatoms. The van der Waals surface area contributed by atoms with Crippen molar-refractivity contribution in [2.24, 2.45) is 5.73 Å². The molecule has 0 saturated heterocycles. The molecule has 0 fully saturated rings. The number of rotatable bonds is 5. The van der Waals surface area contributed by atoms with E-state index >= 15 is 0 Å². The van der Waals surface area contributed by atoms with Gasteiger partial charge in [-0.3, -0.25) is 9.59 Å². The molecule has 0 atom stereocenters. The van der Waals surface area contributed by atoms with Crippen LogP contribution < -0.4 is 11.1 Å². The SMILES string of the molecule is CCC(=O)NCc1ccc(Cl)cc1Cl.CCC(=O)O.NCc1ccc(Cl)cc1Cl. The number of halogens is 4. The Balaban J connectivity index is 0.000000455. The molecule has 0 bridgehead atoms. The first kappa shape index (κ1) is 27.5. The summed E-state index contributed by atoms with van der Waals surface area (Å²) in [6, 6.07) is 10.5. The summed E-state index contributed by atoms with van der Waals surface area (Å²) in [7, 11) is 0. The van der Waals surface area contributed by atoms with E-state index in [1.54, 1.807) is 44.2 Å². The van der Waals surface area contributed by atoms with Crippen LogP contribution in [-0.4, -0.2) is 17.0 Å². The van der Waals surface area contributed by atoms with Gasteiger partial charge in [-0.2, -0.15) is 0 Å². The second kappa shape index (κ2) is 15.4. The topological polar surface area (TPSA) is 92.4 Å². The fraction of sp³-hybridized carbons (Fsp3) is 0.300. The van der Waals surface area contributed by atoms with Crippen molar-refractivity contribution in [3.8, 4) is 0 Å². The zero-order valence-electron chi connectivity index (χ0n) is 16.1. The molecular formula is C20H24Cl4N2O3. The molecule has 2 rings (SSSR count). The Morgan fingerprint density at radius 3 is 1.69 bits per heavy atom. The number of carbonyl (C=O) groups is 2. The van der Waals surface area contributed by atoms with Crippen LogP contribution in [0.15, 0.2) is 36.4 Å². The summed E-state index contributed by atoms with van der Waals surface area (Å²) in [6.07, 6.45) is 0.700. The molecule has 0 aromatic heterocycles. The Bertz CT molecular complexity index is 801. The van der Waals surface area contributed by atoms with Gasteiger partial charge in [-0.1, -0.05) is 72.4 Å². The standard InChI is InChI=1S/C10H11Cl2NO.C7H7Cl2N.C3H6O2/c1-2-10(14)13-6-7-3-4-8(11)5-9(7)12;8-6-2-1-5(4-10)7(9)3-6;1-2-3(4)5/h3-5H,2,6H2,1H3,(H,13,14);1-3H,4,10H2;2H2,1H3,(H,4,5). The van der Waals surface area contributed by atoms with E-state index in [9.17, 15) is 9.59 Å². The molecule has 0 spiro atoms. The number of carbonyl (C=O) groups excluding carboxylic acids is 1. The maximum absolute atomic E-state index is 11.0. The average Bonchev–Trinajstić information content (AvgIpc) is 2.68. The first-order valence-corrected chi connectivity index (χ1v) is 10.2. The molecule has 0 saturated carbocycles. The lowest BCUT2D eigenvalue weighted by Crippen LogP contribution is -2.21. The third-order valence-electron chi connectivity index (χ3n) is 3.35. The minimum Gasteiger partial charge on any atom is -0.481 e. The predicted octanol–water partition coefficient (Wildman–Crippen LogP) is 5.95. The maximum Gasteiger partial charge on any atom is 0.303 e. The number of hydrogen-bond acceptors (Lipinski definition) is 3. The number of carboxylic acids is 1. The van der Waals surface area contributed by atoms with Crippen LogP contribution >= 0.6 is 46.4 Å². The minimum atomic E-state index is -0.745. The molecule has 0 aliphatic heterocycles.